The van der Waals surface area contributed by atoms with Gasteiger partial charge < -0.3 is 4.74 Å². The van der Waals surface area contributed by atoms with Crippen molar-refractivity contribution in [3.8, 4) is 0 Å². The molecule has 0 aliphatic carbocycles. The highest BCUT2D eigenvalue weighted by atomic mass is 16.6. The second-order valence-electron chi connectivity index (χ2n) is 3.79. The van der Waals surface area contributed by atoms with E-state index >= 15 is 0 Å². The van der Waals surface area contributed by atoms with Crippen molar-refractivity contribution in [3.05, 3.63) is 41.0 Å². The fraction of sp³-hybridized carbons (Fsp3) is 0.231. The third kappa shape index (κ3) is 2.19. The highest BCUT2D eigenvalue weighted by Gasteiger charge is 2.22. The van der Waals surface area contributed by atoms with Crippen molar-refractivity contribution in [1.82, 2.24) is 0 Å². The van der Waals surface area contributed by atoms with Crippen molar-refractivity contribution in [2.75, 3.05) is 0 Å². The number of carbonyl (C=O) groups excluding carboxylic acids is 2. The molecule has 1 saturated heterocycles. The Morgan fingerprint density at radius 3 is 2.62 bits per heavy atom. The zero-order valence-electron chi connectivity index (χ0n) is 9.03. The van der Waals surface area contributed by atoms with E-state index in [1.165, 1.54) is 0 Å². The van der Waals surface area contributed by atoms with E-state index in [0.717, 1.165) is 11.1 Å². The van der Waals surface area contributed by atoms with Crippen LogP contribution in [0.2, 0.25) is 0 Å². The Morgan fingerprint density at radius 1 is 1.19 bits per heavy atom. The van der Waals surface area contributed by atoms with Crippen LogP contribution in [0.15, 0.2) is 29.8 Å². The van der Waals surface area contributed by atoms with Gasteiger partial charge in [-0.05, 0) is 30.5 Å². The molecule has 1 aliphatic rings. The molecule has 3 nitrogen and oxygen atoms in total. The quantitative estimate of drug-likeness (QED) is 0.411. The van der Waals surface area contributed by atoms with Gasteiger partial charge in [-0.2, -0.15) is 0 Å². The summed E-state index contributed by atoms with van der Waals surface area (Å²) >= 11 is 0. The topological polar surface area (TPSA) is 43.4 Å². The lowest BCUT2D eigenvalue weighted by Gasteiger charge is -2.12. The summed E-state index contributed by atoms with van der Waals surface area (Å²) in [7, 11) is 0. The van der Waals surface area contributed by atoms with Crippen molar-refractivity contribution in [1.29, 1.82) is 0 Å². The van der Waals surface area contributed by atoms with Crippen molar-refractivity contribution in [2.45, 2.75) is 19.8 Å². The Hall–Kier alpha value is -1.90. The molecule has 2 rings (SSSR count). The molecule has 0 bridgehead atoms. The molecule has 1 aromatic rings. The van der Waals surface area contributed by atoms with Crippen LogP contribution in [-0.2, 0) is 14.3 Å². The first-order chi connectivity index (χ1) is 7.66. The van der Waals surface area contributed by atoms with Crippen molar-refractivity contribution in [3.63, 3.8) is 0 Å². The first kappa shape index (κ1) is 10.6. The molecular formula is C13H12O3. The normalized spacial score (nSPS) is 18.7. The van der Waals surface area contributed by atoms with Crippen LogP contribution in [-0.4, -0.2) is 11.9 Å². The summed E-state index contributed by atoms with van der Waals surface area (Å²) < 4.78 is 4.56. The molecule has 1 aromatic carbocycles. The van der Waals surface area contributed by atoms with Crippen molar-refractivity contribution < 1.29 is 14.3 Å². The van der Waals surface area contributed by atoms with Crippen LogP contribution in [0.3, 0.4) is 0 Å². The maximum atomic E-state index is 11.4. The van der Waals surface area contributed by atoms with E-state index < -0.39 is 11.9 Å². The smallest absolute Gasteiger partial charge is 0.341 e. The average molecular weight is 216 g/mol. The minimum Gasteiger partial charge on any atom is -0.390 e. The fourth-order valence-electron chi connectivity index (χ4n) is 1.63. The lowest BCUT2D eigenvalue weighted by molar-refractivity contribution is -0.159. The summed E-state index contributed by atoms with van der Waals surface area (Å²) in [6.07, 6.45) is 2.54. The van der Waals surface area contributed by atoms with Gasteiger partial charge in [0.25, 0.3) is 0 Å². The van der Waals surface area contributed by atoms with Crippen LogP contribution in [0.25, 0.3) is 6.08 Å². The average Bonchev–Trinajstić information content (AvgIpc) is 2.25. The summed E-state index contributed by atoms with van der Waals surface area (Å²) in [6, 6.07) is 7.77. The van der Waals surface area contributed by atoms with Crippen molar-refractivity contribution in [2.24, 2.45) is 0 Å². The van der Waals surface area contributed by atoms with Gasteiger partial charge in [0.15, 0.2) is 0 Å². The van der Waals surface area contributed by atoms with Gasteiger partial charge in [0.05, 0.1) is 6.42 Å². The summed E-state index contributed by atoms with van der Waals surface area (Å²) in [5, 5.41) is 0. The molecular weight excluding hydrogens is 204 g/mol. The molecule has 0 amide bonds. The molecule has 1 aliphatic heterocycles. The zero-order chi connectivity index (χ0) is 11.5. The first-order valence-electron chi connectivity index (χ1n) is 5.18. The number of aryl methyl sites for hydroxylation is 1. The van der Waals surface area contributed by atoms with E-state index in [1.807, 2.05) is 31.2 Å². The highest BCUT2D eigenvalue weighted by molar-refractivity contribution is 6.02. The molecule has 0 aromatic heterocycles. The van der Waals surface area contributed by atoms with Crippen LogP contribution < -0.4 is 0 Å². The zero-order valence-corrected chi connectivity index (χ0v) is 9.03. The third-order valence-corrected chi connectivity index (χ3v) is 2.59. The SMILES string of the molecule is Cc1ccccc1/C=C1\CCC(=O)OC1=O. The fourth-order valence-corrected chi connectivity index (χ4v) is 1.63. The lowest BCUT2D eigenvalue weighted by Crippen LogP contribution is -2.20. The minimum absolute atomic E-state index is 0.281. The number of hydrogen-bond acceptors (Lipinski definition) is 3. The molecule has 0 spiro atoms. The molecule has 0 atom stereocenters. The second kappa shape index (κ2) is 4.31. The largest absolute Gasteiger partial charge is 0.390 e. The van der Waals surface area contributed by atoms with Gasteiger partial charge in [0.1, 0.15) is 0 Å². The van der Waals surface area contributed by atoms with Gasteiger partial charge in [-0.1, -0.05) is 24.3 Å². The van der Waals surface area contributed by atoms with Gasteiger partial charge in [-0.25, -0.2) is 4.79 Å². The van der Waals surface area contributed by atoms with Crippen LogP contribution in [0.4, 0.5) is 0 Å². The number of ether oxygens (including phenoxy) is 1. The Labute approximate surface area is 93.7 Å². The molecule has 3 heteroatoms. The number of rotatable bonds is 1. The van der Waals surface area contributed by atoms with E-state index in [2.05, 4.69) is 4.74 Å². The van der Waals surface area contributed by atoms with E-state index in [9.17, 15) is 9.59 Å². The highest BCUT2D eigenvalue weighted by Crippen LogP contribution is 2.20. The predicted molar refractivity (Wildman–Crippen MR) is 59.5 cm³/mol. The van der Waals surface area contributed by atoms with Crippen LogP contribution in [0.1, 0.15) is 24.0 Å². The predicted octanol–water partition coefficient (Wildman–Crippen LogP) is 2.24. The summed E-state index contributed by atoms with van der Waals surface area (Å²) in [5.74, 6) is -0.952. The summed E-state index contributed by atoms with van der Waals surface area (Å²) in [6.45, 7) is 1.98. The van der Waals surface area contributed by atoms with Crippen LogP contribution in [0, 0.1) is 6.92 Å². The standard InChI is InChI=1S/C13H12O3/c1-9-4-2-3-5-10(9)8-11-6-7-12(14)16-13(11)15/h2-5,8H,6-7H2,1H3/b11-8+. The van der Waals surface area contributed by atoms with E-state index in [0.29, 0.717) is 12.0 Å². The molecule has 82 valence electrons. The Balaban J connectivity index is 2.28. The van der Waals surface area contributed by atoms with Gasteiger partial charge in [-0.3, -0.25) is 4.79 Å². The monoisotopic (exact) mass is 216 g/mol. The molecule has 1 heterocycles. The Morgan fingerprint density at radius 2 is 1.94 bits per heavy atom. The Kier molecular flexibility index (Phi) is 2.86. The maximum Gasteiger partial charge on any atom is 0.341 e. The maximum absolute atomic E-state index is 11.4. The van der Waals surface area contributed by atoms with Gasteiger partial charge in [0, 0.05) is 5.57 Å². The van der Waals surface area contributed by atoms with E-state index in [1.54, 1.807) is 6.08 Å². The van der Waals surface area contributed by atoms with Gasteiger partial charge in [-0.15, -0.1) is 0 Å². The minimum atomic E-state index is -0.514. The van der Waals surface area contributed by atoms with E-state index in [4.69, 9.17) is 0 Å². The number of benzene rings is 1. The molecule has 0 N–H and O–H groups in total. The third-order valence-electron chi connectivity index (χ3n) is 2.59. The molecule has 0 radical (unpaired) electrons. The lowest BCUT2D eigenvalue weighted by atomic mass is 10.0. The van der Waals surface area contributed by atoms with Crippen LogP contribution >= 0.6 is 0 Å². The molecule has 0 unspecified atom stereocenters. The van der Waals surface area contributed by atoms with Gasteiger partial charge in [0.2, 0.25) is 0 Å². The number of cyclic esters (lactones) is 2. The van der Waals surface area contributed by atoms with Crippen LogP contribution in [0.5, 0.6) is 0 Å². The number of hydrogen-bond donors (Lipinski definition) is 0. The summed E-state index contributed by atoms with van der Waals surface area (Å²) in [5.41, 5.74) is 2.65. The van der Waals surface area contributed by atoms with Crippen molar-refractivity contribution >= 4 is 18.0 Å². The number of esters is 2. The Bertz CT molecular complexity index is 472. The second-order valence-corrected chi connectivity index (χ2v) is 3.79. The van der Waals surface area contributed by atoms with E-state index in [-0.39, 0.29) is 6.42 Å². The summed E-state index contributed by atoms with van der Waals surface area (Å²) in [4.78, 5) is 22.3. The molecule has 1 fully saturated rings. The molecule has 0 saturated carbocycles. The molecule has 16 heavy (non-hydrogen) atoms. The number of carbonyl (C=O) groups is 2. The first-order valence-corrected chi connectivity index (χ1v) is 5.18. The van der Waals surface area contributed by atoms with Gasteiger partial charge >= 0.3 is 11.9 Å².